The molecule has 0 radical (unpaired) electrons. The lowest BCUT2D eigenvalue weighted by molar-refractivity contribution is -0.384. The summed E-state index contributed by atoms with van der Waals surface area (Å²) in [6, 6.07) is 5.40. The zero-order chi connectivity index (χ0) is 22.2. The van der Waals surface area contributed by atoms with Gasteiger partial charge in [-0.1, -0.05) is 12.7 Å². The fourth-order valence-corrected chi connectivity index (χ4v) is 3.20. The smallest absolute Gasteiger partial charge is 0.340 e. The number of nitrogens with zero attached hydrogens (tertiary/aromatic N) is 4. The lowest BCUT2D eigenvalue weighted by Gasteiger charge is -2.16. The molecule has 3 aromatic rings. The first-order valence-electron chi connectivity index (χ1n) is 8.82. The van der Waals surface area contributed by atoms with Crippen molar-refractivity contribution in [2.75, 3.05) is 6.61 Å². The van der Waals surface area contributed by atoms with Crippen LogP contribution in [-0.2, 0) is 18.8 Å². The molecule has 0 spiro atoms. The maximum absolute atomic E-state index is 13.0. The van der Waals surface area contributed by atoms with E-state index in [9.17, 15) is 24.5 Å². The summed E-state index contributed by atoms with van der Waals surface area (Å²) in [5.41, 5.74) is -0.431. The fraction of sp³-hybridized carbons (Fsp3) is 0.200. The topological polar surface area (TPSA) is 126 Å². The third-order valence-electron chi connectivity index (χ3n) is 4.67. The van der Waals surface area contributed by atoms with E-state index in [1.165, 1.54) is 49.0 Å². The Labute approximate surface area is 169 Å². The molecule has 2 aromatic heterocycles. The Balaban J connectivity index is 2.50. The van der Waals surface area contributed by atoms with Crippen LogP contribution in [0, 0.1) is 17.0 Å². The molecule has 0 aliphatic carbocycles. The number of aryl methyl sites for hydroxylation is 2. The average molecular weight is 410 g/mol. The molecule has 1 aromatic carbocycles. The second-order valence-corrected chi connectivity index (χ2v) is 6.54. The van der Waals surface area contributed by atoms with Crippen molar-refractivity contribution in [2.24, 2.45) is 14.1 Å². The molecule has 0 bridgehead atoms. The van der Waals surface area contributed by atoms with Gasteiger partial charge in [-0.05, 0) is 24.6 Å². The van der Waals surface area contributed by atoms with Crippen LogP contribution in [0.5, 0.6) is 0 Å². The van der Waals surface area contributed by atoms with Gasteiger partial charge in [0.15, 0.2) is 0 Å². The van der Waals surface area contributed by atoms with Crippen LogP contribution in [0.25, 0.3) is 22.2 Å². The van der Waals surface area contributed by atoms with E-state index < -0.39 is 22.1 Å². The predicted molar refractivity (Wildman–Crippen MR) is 110 cm³/mol. The van der Waals surface area contributed by atoms with Crippen LogP contribution in [0.4, 0.5) is 5.69 Å². The second kappa shape index (κ2) is 7.74. The first-order valence-corrected chi connectivity index (χ1v) is 8.82. The third-order valence-corrected chi connectivity index (χ3v) is 4.67. The van der Waals surface area contributed by atoms with Crippen molar-refractivity contribution >= 4 is 22.7 Å². The Morgan fingerprint density at radius 3 is 2.43 bits per heavy atom. The lowest BCUT2D eigenvalue weighted by atomic mass is 9.95. The maximum atomic E-state index is 13.0. The number of esters is 1. The van der Waals surface area contributed by atoms with Gasteiger partial charge in [-0.15, -0.1) is 0 Å². The van der Waals surface area contributed by atoms with Crippen molar-refractivity contribution in [3.63, 3.8) is 0 Å². The number of fused-ring (bicyclic) bond motifs is 1. The largest absolute Gasteiger partial charge is 0.458 e. The molecule has 0 aliphatic heterocycles. The van der Waals surface area contributed by atoms with E-state index >= 15 is 0 Å². The van der Waals surface area contributed by atoms with Crippen molar-refractivity contribution in [1.29, 1.82) is 0 Å². The summed E-state index contributed by atoms with van der Waals surface area (Å²) in [7, 11) is 2.78. The zero-order valence-corrected chi connectivity index (χ0v) is 16.5. The molecular weight excluding hydrogens is 392 g/mol. The average Bonchev–Trinajstić information content (AvgIpc) is 2.73. The molecule has 0 saturated carbocycles. The van der Waals surface area contributed by atoms with Crippen LogP contribution in [-0.4, -0.2) is 31.6 Å². The van der Waals surface area contributed by atoms with Crippen LogP contribution in [0.15, 0.2) is 46.5 Å². The first-order chi connectivity index (χ1) is 14.2. The number of hydrogen-bond acceptors (Lipinski definition) is 7. The summed E-state index contributed by atoms with van der Waals surface area (Å²) in [5.74, 6) is -0.731. The molecule has 0 fully saturated rings. The molecule has 10 nitrogen and oxygen atoms in total. The van der Waals surface area contributed by atoms with Crippen LogP contribution >= 0.6 is 0 Å². The summed E-state index contributed by atoms with van der Waals surface area (Å²) >= 11 is 0. The Morgan fingerprint density at radius 1 is 1.23 bits per heavy atom. The SMILES string of the molecule is C=CCOC(=O)c1c(C)nc2c(c1-c1ccc([N+](=O)[O-])cc1)c(=O)n(C)c(=O)n2C. The monoisotopic (exact) mass is 410 g/mol. The Hall–Kier alpha value is -4.08. The van der Waals surface area contributed by atoms with Crippen LogP contribution < -0.4 is 11.2 Å². The Bertz CT molecular complexity index is 1320. The van der Waals surface area contributed by atoms with Gasteiger partial charge >= 0.3 is 11.7 Å². The van der Waals surface area contributed by atoms with Crippen LogP contribution in [0.2, 0.25) is 0 Å². The Kier molecular flexibility index (Phi) is 5.33. The minimum absolute atomic E-state index is 0.0320. The van der Waals surface area contributed by atoms with E-state index in [2.05, 4.69) is 11.6 Å². The molecule has 0 atom stereocenters. The van der Waals surface area contributed by atoms with Crippen molar-refractivity contribution in [3.8, 4) is 11.1 Å². The third kappa shape index (κ3) is 3.28. The van der Waals surface area contributed by atoms with E-state index in [0.29, 0.717) is 5.56 Å². The quantitative estimate of drug-likeness (QED) is 0.272. The molecule has 3 rings (SSSR count). The second-order valence-electron chi connectivity index (χ2n) is 6.54. The molecular formula is C20H18N4O6. The van der Waals surface area contributed by atoms with Gasteiger partial charge in [0.05, 0.1) is 21.6 Å². The molecule has 0 unspecified atom stereocenters. The van der Waals surface area contributed by atoms with Gasteiger partial charge in [0.25, 0.3) is 11.2 Å². The van der Waals surface area contributed by atoms with Crippen molar-refractivity contribution in [3.05, 3.63) is 79.1 Å². The van der Waals surface area contributed by atoms with Crippen molar-refractivity contribution < 1.29 is 14.5 Å². The molecule has 154 valence electrons. The number of hydrogen-bond donors (Lipinski definition) is 0. The number of carbonyl (C=O) groups is 1. The summed E-state index contributed by atoms with van der Waals surface area (Å²) in [4.78, 5) is 52.9. The van der Waals surface area contributed by atoms with Crippen molar-refractivity contribution in [1.82, 2.24) is 14.1 Å². The highest BCUT2D eigenvalue weighted by atomic mass is 16.6. The highest BCUT2D eigenvalue weighted by Crippen LogP contribution is 2.32. The van der Waals surface area contributed by atoms with E-state index in [0.717, 1.165) is 4.57 Å². The summed E-state index contributed by atoms with van der Waals surface area (Å²) in [6.45, 7) is 5.01. The van der Waals surface area contributed by atoms with Gasteiger partial charge < -0.3 is 4.74 Å². The van der Waals surface area contributed by atoms with Gasteiger partial charge in [-0.2, -0.15) is 0 Å². The minimum atomic E-state index is -0.731. The number of ether oxygens (including phenoxy) is 1. The van der Waals surface area contributed by atoms with Crippen LogP contribution in [0.3, 0.4) is 0 Å². The summed E-state index contributed by atoms with van der Waals surface area (Å²) in [6.07, 6.45) is 1.40. The number of non-ortho nitro benzene ring substituents is 1. The van der Waals surface area contributed by atoms with E-state index in [1.807, 2.05) is 0 Å². The highest BCUT2D eigenvalue weighted by molar-refractivity contribution is 6.07. The normalized spacial score (nSPS) is 10.8. The molecule has 0 amide bonds. The van der Waals surface area contributed by atoms with Gasteiger partial charge in [-0.25, -0.2) is 14.6 Å². The first kappa shape index (κ1) is 20.6. The number of carbonyl (C=O) groups excluding carboxylic acids is 1. The van der Waals surface area contributed by atoms with E-state index in [1.54, 1.807) is 6.92 Å². The molecule has 10 heteroatoms. The highest BCUT2D eigenvalue weighted by Gasteiger charge is 2.25. The van der Waals surface area contributed by atoms with Gasteiger partial charge in [0.1, 0.15) is 12.3 Å². The number of benzene rings is 1. The number of nitro benzene ring substituents is 1. The predicted octanol–water partition coefficient (Wildman–Crippen LogP) is 1.86. The Morgan fingerprint density at radius 2 is 1.87 bits per heavy atom. The molecule has 0 saturated heterocycles. The minimum Gasteiger partial charge on any atom is -0.458 e. The maximum Gasteiger partial charge on any atom is 0.340 e. The fourth-order valence-electron chi connectivity index (χ4n) is 3.20. The zero-order valence-electron chi connectivity index (χ0n) is 16.5. The molecule has 0 N–H and O–H groups in total. The van der Waals surface area contributed by atoms with Gasteiger partial charge in [0.2, 0.25) is 0 Å². The molecule has 30 heavy (non-hydrogen) atoms. The summed E-state index contributed by atoms with van der Waals surface area (Å²) in [5, 5.41) is 11.0. The van der Waals surface area contributed by atoms with Gasteiger partial charge in [0, 0.05) is 31.8 Å². The van der Waals surface area contributed by atoms with Gasteiger partial charge in [-0.3, -0.25) is 24.0 Å². The number of nitro groups is 1. The van der Waals surface area contributed by atoms with Crippen LogP contribution in [0.1, 0.15) is 16.1 Å². The summed E-state index contributed by atoms with van der Waals surface area (Å²) < 4.78 is 7.29. The van der Waals surface area contributed by atoms with E-state index in [-0.39, 0.29) is 40.1 Å². The molecule has 0 aliphatic rings. The number of rotatable bonds is 5. The van der Waals surface area contributed by atoms with Crippen molar-refractivity contribution in [2.45, 2.75) is 6.92 Å². The van der Waals surface area contributed by atoms with E-state index in [4.69, 9.17) is 4.74 Å². The standard InChI is InChI=1S/C20H18N4O6/c1-5-10-30-19(26)14-11(2)21-17-16(18(25)23(4)20(27)22(17)3)15(14)12-6-8-13(9-7-12)24(28)29/h5-9H,1,10H2,2-4H3. The molecule has 2 heterocycles. The number of pyridine rings is 1. The lowest BCUT2D eigenvalue weighted by Crippen LogP contribution is -2.38. The number of aromatic nitrogens is 3.